The number of hydrogen-bond acceptors (Lipinski definition) is 4. The van der Waals surface area contributed by atoms with E-state index < -0.39 is 0 Å². The zero-order valence-corrected chi connectivity index (χ0v) is 17.8. The zero-order valence-electron chi connectivity index (χ0n) is 17.8. The topological polar surface area (TPSA) is 82.7 Å². The van der Waals surface area contributed by atoms with Gasteiger partial charge in [0.2, 0.25) is 0 Å². The minimum atomic E-state index is -0.360. The molecule has 29 heavy (non-hydrogen) atoms. The Morgan fingerprint density at radius 3 is 2.45 bits per heavy atom. The van der Waals surface area contributed by atoms with E-state index in [0.29, 0.717) is 24.4 Å². The molecule has 0 aliphatic heterocycles. The van der Waals surface area contributed by atoms with E-state index in [1.807, 2.05) is 57.1 Å². The minimum absolute atomic E-state index is 0.191. The minimum Gasteiger partial charge on any atom is -0.385 e. The molecule has 7 nitrogen and oxygen atoms in total. The average molecular weight is 399 g/mol. The van der Waals surface area contributed by atoms with Crippen molar-refractivity contribution in [1.82, 2.24) is 5.32 Å². The van der Waals surface area contributed by atoms with Crippen LogP contribution in [-0.2, 0) is 4.74 Å². The number of urea groups is 1. The summed E-state index contributed by atoms with van der Waals surface area (Å²) in [6.07, 6.45) is 0.732. The van der Waals surface area contributed by atoms with Crippen molar-refractivity contribution in [3.8, 4) is 0 Å². The molecule has 0 aliphatic rings. The van der Waals surface area contributed by atoms with Gasteiger partial charge in [-0.1, -0.05) is 17.7 Å². The maximum Gasteiger partial charge on any atom is 0.323 e. The first-order valence-corrected chi connectivity index (χ1v) is 9.55. The second kappa shape index (κ2) is 10.5. The first-order chi connectivity index (χ1) is 13.8. The van der Waals surface area contributed by atoms with Gasteiger partial charge in [0.15, 0.2) is 0 Å². The molecule has 2 aromatic rings. The van der Waals surface area contributed by atoms with Crippen molar-refractivity contribution >= 4 is 29.0 Å². The maximum absolute atomic E-state index is 12.6. The molecule has 0 bridgehead atoms. The predicted octanol–water partition coefficient (Wildman–Crippen LogP) is 3.78. The molecule has 2 rings (SSSR count). The van der Waals surface area contributed by atoms with E-state index in [2.05, 4.69) is 16.0 Å². The first-order valence-electron chi connectivity index (χ1n) is 9.55. The second-order valence-electron chi connectivity index (χ2n) is 7.13. The summed E-state index contributed by atoms with van der Waals surface area (Å²) in [4.78, 5) is 26.9. The van der Waals surface area contributed by atoms with Crippen molar-refractivity contribution in [3.05, 3.63) is 53.1 Å². The Kier molecular flexibility index (Phi) is 8.03. The highest BCUT2D eigenvalue weighted by atomic mass is 16.5. The lowest BCUT2D eigenvalue weighted by Crippen LogP contribution is -2.27. The third-order valence-corrected chi connectivity index (χ3v) is 4.42. The quantitative estimate of drug-likeness (QED) is 0.591. The smallest absolute Gasteiger partial charge is 0.323 e. The van der Waals surface area contributed by atoms with Gasteiger partial charge in [-0.2, -0.15) is 0 Å². The molecule has 3 amide bonds. The van der Waals surface area contributed by atoms with E-state index >= 15 is 0 Å². The average Bonchev–Trinajstić information content (AvgIpc) is 2.67. The fourth-order valence-electron chi connectivity index (χ4n) is 2.94. The molecule has 0 radical (unpaired) electrons. The molecule has 0 saturated carbocycles. The van der Waals surface area contributed by atoms with Crippen LogP contribution in [0.5, 0.6) is 0 Å². The standard InChI is InChI=1S/C22H30N4O3/c1-15-7-9-19(16(2)13-15)25-22(28)24-17-8-10-20(26(3)4)18(14-17)21(27)23-11-6-12-29-5/h7-10,13-14H,6,11-12H2,1-5H3,(H,23,27)(H2,24,25,28). The zero-order chi connectivity index (χ0) is 21.4. The van der Waals surface area contributed by atoms with Crippen molar-refractivity contribution in [1.29, 1.82) is 0 Å². The molecule has 0 fully saturated rings. The van der Waals surface area contributed by atoms with E-state index in [1.165, 1.54) is 0 Å². The Morgan fingerprint density at radius 2 is 1.79 bits per heavy atom. The highest BCUT2D eigenvalue weighted by molar-refractivity contribution is 6.04. The third kappa shape index (κ3) is 6.50. The summed E-state index contributed by atoms with van der Waals surface area (Å²) in [5.74, 6) is -0.191. The van der Waals surface area contributed by atoms with Gasteiger partial charge >= 0.3 is 6.03 Å². The predicted molar refractivity (Wildman–Crippen MR) is 118 cm³/mol. The van der Waals surface area contributed by atoms with Gasteiger partial charge in [0.25, 0.3) is 5.91 Å². The van der Waals surface area contributed by atoms with E-state index in [1.54, 1.807) is 19.2 Å². The van der Waals surface area contributed by atoms with Crippen molar-refractivity contribution in [2.24, 2.45) is 0 Å². The third-order valence-electron chi connectivity index (χ3n) is 4.42. The fraction of sp³-hybridized carbons (Fsp3) is 0.364. The van der Waals surface area contributed by atoms with Crippen LogP contribution in [0.4, 0.5) is 21.9 Å². The number of anilines is 3. The Morgan fingerprint density at radius 1 is 1.03 bits per heavy atom. The van der Waals surface area contributed by atoms with E-state index in [0.717, 1.165) is 28.9 Å². The van der Waals surface area contributed by atoms with Crippen LogP contribution < -0.4 is 20.9 Å². The summed E-state index contributed by atoms with van der Waals surface area (Å²) in [7, 11) is 5.37. The van der Waals surface area contributed by atoms with Crippen molar-refractivity contribution in [3.63, 3.8) is 0 Å². The molecular weight excluding hydrogens is 368 g/mol. The normalized spacial score (nSPS) is 10.4. The number of carbonyl (C=O) groups excluding carboxylic acids is 2. The number of benzene rings is 2. The number of hydrogen-bond donors (Lipinski definition) is 3. The maximum atomic E-state index is 12.6. The number of amides is 3. The van der Waals surface area contributed by atoms with Crippen LogP contribution in [0, 0.1) is 13.8 Å². The molecule has 3 N–H and O–H groups in total. The number of rotatable bonds is 8. The van der Waals surface area contributed by atoms with Gasteiger partial charge in [0.1, 0.15) is 0 Å². The monoisotopic (exact) mass is 398 g/mol. The molecule has 0 saturated heterocycles. The first kappa shape index (κ1) is 22.2. The van der Waals surface area contributed by atoms with Gasteiger partial charge in [-0.3, -0.25) is 4.79 Å². The molecule has 0 aliphatic carbocycles. The van der Waals surface area contributed by atoms with Crippen LogP contribution in [0.25, 0.3) is 0 Å². The molecule has 2 aromatic carbocycles. The Balaban J connectivity index is 2.12. The van der Waals surface area contributed by atoms with Gasteiger partial charge in [0, 0.05) is 51.4 Å². The van der Waals surface area contributed by atoms with Gasteiger partial charge < -0.3 is 25.6 Å². The molecule has 0 atom stereocenters. The summed E-state index contributed by atoms with van der Waals surface area (Å²) in [6.45, 7) is 5.05. The fourth-order valence-corrected chi connectivity index (χ4v) is 2.94. The lowest BCUT2D eigenvalue weighted by Gasteiger charge is -2.19. The van der Waals surface area contributed by atoms with Gasteiger partial charge in [-0.15, -0.1) is 0 Å². The summed E-state index contributed by atoms with van der Waals surface area (Å²) < 4.78 is 5.00. The summed E-state index contributed by atoms with van der Waals surface area (Å²) in [6, 6.07) is 10.7. The molecule has 0 heterocycles. The molecule has 0 aromatic heterocycles. The van der Waals surface area contributed by atoms with Gasteiger partial charge in [-0.05, 0) is 50.1 Å². The van der Waals surface area contributed by atoms with Crippen LogP contribution in [0.15, 0.2) is 36.4 Å². The van der Waals surface area contributed by atoms with E-state index in [9.17, 15) is 9.59 Å². The van der Waals surface area contributed by atoms with Crippen LogP contribution in [0.2, 0.25) is 0 Å². The van der Waals surface area contributed by atoms with Crippen molar-refractivity contribution < 1.29 is 14.3 Å². The van der Waals surface area contributed by atoms with Gasteiger partial charge in [-0.25, -0.2) is 4.79 Å². The SMILES string of the molecule is COCCCNC(=O)c1cc(NC(=O)Nc2ccc(C)cc2C)ccc1N(C)C. The highest BCUT2D eigenvalue weighted by Crippen LogP contribution is 2.23. The largest absolute Gasteiger partial charge is 0.385 e. The van der Waals surface area contributed by atoms with Crippen LogP contribution in [0.3, 0.4) is 0 Å². The number of nitrogens with zero attached hydrogens (tertiary/aromatic N) is 1. The number of ether oxygens (including phenoxy) is 1. The highest BCUT2D eigenvalue weighted by Gasteiger charge is 2.15. The van der Waals surface area contributed by atoms with Crippen LogP contribution in [-0.4, -0.2) is 46.3 Å². The molecule has 7 heteroatoms. The van der Waals surface area contributed by atoms with Gasteiger partial charge in [0.05, 0.1) is 5.56 Å². The summed E-state index contributed by atoms with van der Waals surface area (Å²) in [5.41, 5.74) is 4.67. The Bertz CT molecular complexity index is 865. The van der Waals surface area contributed by atoms with E-state index in [-0.39, 0.29) is 11.9 Å². The van der Waals surface area contributed by atoms with Crippen molar-refractivity contribution in [2.75, 3.05) is 49.9 Å². The number of aryl methyl sites for hydroxylation is 2. The molecular formula is C22H30N4O3. The number of nitrogens with one attached hydrogen (secondary N) is 3. The molecule has 156 valence electrons. The van der Waals surface area contributed by atoms with E-state index in [4.69, 9.17) is 4.74 Å². The van der Waals surface area contributed by atoms with Crippen LogP contribution >= 0.6 is 0 Å². The lowest BCUT2D eigenvalue weighted by molar-refractivity contribution is 0.0949. The Labute approximate surface area is 172 Å². The van der Waals surface area contributed by atoms with Crippen LogP contribution in [0.1, 0.15) is 27.9 Å². The number of carbonyl (C=O) groups is 2. The summed E-state index contributed by atoms with van der Waals surface area (Å²) >= 11 is 0. The lowest BCUT2D eigenvalue weighted by atomic mass is 10.1. The molecule has 0 spiro atoms. The second-order valence-corrected chi connectivity index (χ2v) is 7.13. The summed E-state index contributed by atoms with van der Waals surface area (Å²) in [5, 5.41) is 8.54. The Hall–Kier alpha value is -3.06. The van der Waals surface area contributed by atoms with Crippen molar-refractivity contribution in [2.45, 2.75) is 20.3 Å². The molecule has 0 unspecified atom stereocenters. The number of methoxy groups -OCH3 is 1.